The number of hydrogen-bond donors (Lipinski definition) is 1. The third-order valence-electron chi connectivity index (χ3n) is 5.39. The second kappa shape index (κ2) is 14.5. The normalized spacial score (nSPS) is 11.4. The van der Waals surface area contributed by atoms with Crippen LogP contribution in [-0.2, 0) is 27.2 Å². The zero-order chi connectivity index (χ0) is 29.1. The van der Waals surface area contributed by atoms with Gasteiger partial charge in [0.25, 0.3) is 12.3 Å². The Labute approximate surface area is 228 Å². The minimum atomic E-state index is -2.77. The monoisotopic (exact) mass is 560 g/mol. The number of carbonyl (C=O) groups is 3. The minimum Gasteiger partial charge on any atom is -0.493 e. The first-order chi connectivity index (χ1) is 19.2. The van der Waals surface area contributed by atoms with Crippen LogP contribution in [0.4, 0.5) is 13.2 Å². The fourth-order valence-corrected chi connectivity index (χ4v) is 3.72. The fourth-order valence-electron chi connectivity index (χ4n) is 3.72. The Kier molecular flexibility index (Phi) is 10.9. The molecule has 0 aliphatic carbocycles. The average Bonchev–Trinajstić information content (AvgIpc) is 2.92. The summed E-state index contributed by atoms with van der Waals surface area (Å²) in [6.45, 7) is -0.358. The molecule has 9 nitrogen and oxygen atoms in total. The molecule has 0 saturated heterocycles. The van der Waals surface area contributed by atoms with Crippen molar-refractivity contribution in [3.05, 3.63) is 83.4 Å². The van der Waals surface area contributed by atoms with Crippen molar-refractivity contribution in [2.45, 2.75) is 32.3 Å². The van der Waals surface area contributed by atoms with E-state index in [0.717, 1.165) is 24.6 Å². The number of amides is 1. The number of aromatic nitrogens is 1. The van der Waals surface area contributed by atoms with E-state index < -0.39 is 49.3 Å². The van der Waals surface area contributed by atoms with E-state index in [1.807, 2.05) is 18.2 Å². The highest BCUT2D eigenvalue weighted by Crippen LogP contribution is 2.29. The predicted octanol–water partition coefficient (Wildman–Crippen LogP) is 3.93. The van der Waals surface area contributed by atoms with E-state index in [9.17, 15) is 27.6 Å². The topological polar surface area (TPSA) is 113 Å². The molecule has 1 atom stereocenters. The van der Waals surface area contributed by atoms with Crippen LogP contribution in [0.3, 0.4) is 0 Å². The van der Waals surface area contributed by atoms with Crippen LogP contribution in [0.15, 0.2) is 60.8 Å². The van der Waals surface area contributed by atoms with E-state index >= 15 is 0 Å². The number of halogens is 3. The van der Waals surface area contributed by atoms with Crippen molar-refractivity contribution in [1.29, 1.82) is 0 Å². The van der Waals surface area contributed by atoms with Gasteiger partial charge < -0.3 is 24.3 Å². The predicted molar refractivity (Wildman–Crippen MR) is 136 cm³/mol. The van der Waals surface area contributed by atoms with Gasteiger partial charge in [0.1, 0.15) is 30.8 Å². The maximum absolute atomic E-state index is 13.8. The van der Waals surface area contributed by atoms with Gasteiger partial charge in [-0.05, 0) is 17.2 Å². The van der Waals surface area contributed by atoms with Crippen LogP contribution in [0.5, 0.6) is 17.2 Å². The molecule has 1 N–H and O–H groups in total. The smallest absolute Gasteiger partial charge is 0.325 e. The van der Waals surface area contributed by atoms with Gasteiger partial charge in [0.15, 0.2) is 11.4 Å². The Bertz CT molecular complexity index is 1320. The highest BCUT2D eigenvalue weighted by atomic mass is 19.3. The van der Waals surface area contributed by atoms with Gasteiger partial charge in [0, 0.05) is 38.1 Å². The van der Waals surface area contributed by atoms with Crippen LogP contribution in [0, 0.1) is 5.82 Å². The summed E-state index contributed by atoms with van der Waals surface area (Å²) in [5, 5.41) is 2.37. The lowest BCUT2D eigenvalue weighted by Crippen LogP contribution is -2.34. The lowest BCUT2D eigenvalue weighted by atomic mass is 10.0. The first-order valence-corrected chi connectivity index (χ1v) is 12.1. The van der Waals surface area contributed by atoms with Gasteiger partial charge >= 0.3 is 11.9 Å². The van der Waals surface area contributed by atoms with E-state index in [-0.39, 0.29) is 35.8 Å². The van der Waals surface area contributed by atoms with Crippen molar-refractivity contribution in [3.63, 3.8) is 0 Å². The molecule has 0 spiro atoms. The number of benzene rings is 2. The quantitative estimate of drug-likeness (QED) is 0.313. The van der Waals surface area contributed by atoms with Crippen LogP contribution in [0.1, 0.15) is 28.5 Å². The maximum atomic E-state index is 13.8. The summed E-state index contributed by atoms with van der Waals surface area (Å²) < 4.78 is 60.1. The summed E-state index contributed by atoms with van der Waals surface area (Å²) in [6.07, 6.45) is -2.07. The van der Waals surface area contributed by atoms with Crippen LogP contribution in [0.2, 0.25) is 0 Å². The zero-order valence-electron chi connectivity index (χ0n) is 21.7. The summed E-state index contributed by atoms with van der Waals surface area (Å²) >= 11 is 0. The molecule has 12 heteroatoms. The Hall–Kier alpha value is -4.61. The van der Waals surface area contributed by atoms with Crippen molar-refractivity contribution in [3.8, 4) is 17.2 Å². The molecule has 0 radical (unpaired) electrons. The second-order valence-corrected chi connectivity index (χ2v) is 8.43. The Morgan fingerprint density at radius 2 is 1.75 bits per heavy atom. The molecule has 0 fully saturated rings. The number of nitrogens with zero attached hydrogens (tertiary/aromatic N) is 1. The molecule has 1 unspecified atom stereocenters. The number of alkyl halides is 2. The Balaban J connectivity index is 1.74. The van der Waals surface area contributed by atoms with Gasteiger partial charge in [0.2, 0.25) is 5.75 Å². The highest BCUT2D eigenvalue weighted by molar-refractivity contribution is 5.98. The van der Waals surface area contributed by atoms with Gasteiger partial charge in [-0.3, -0.25) is 14.4 Å². The van der Waals surface area contributed by atoms with Gasteiger partial charge in [-0.2, -0.15) is 0 Å². The number of carbonyl (C=O) groups excluding carboxylic acids is 3. The van der Waals surface area contributed by atoms with Crippen molar-refractivity contribution in [2.75, 3.05) is 20.3 Å². The fraction of sp³-hybridized carbons (Fsp3) is 0.286. The maximum Gasteiger partial charge on any atom is 0.325 e. The number of ether oxygens (including phenoxy) is 4. The van der Waals surface area contributed by atoms with E-state index in [0.29, 0.717) is 5.56 Å². The summed E-state index contributed by atoms with van der Waals surface area (Å²) in [7, 11) is 1.32. The molecule has 0 saturated carbocycles. The summed E-state index contributed by atoms with van der Waals surface area (Å²) in [5.74, 6) is -3.24. The van der Waals surface area contributed by atoms with E-state index in [1.54, 1.807) is 12.1 Å². The molecule has 3 rings (SSSR count). The standard InChI is InChI=1S/C28H27F3N2O7/c1-17(34)39-27-22(37-2)10-11-32-26(27)28(36)33-15-25(35)40-21(12-18-6-4-3-5-7-18)13-19-8-9-20(29)14-23(19)38-16-24(30)31/h3-11,14,21,24H,12-13,15-16H2,1-2H3,(H,33,36). The molecule has 0 aliphatic rings. The summed E-state index contributed by atoms with van der Waals surface area (Å²) in [5.41, 5.74) is 0.884. The first kappa shape index (κ1) is 29.9. The van der Waals surface area contributed by atoms with Crippen LogP contribution >= 0.6 is 0 Å². The molecule has 1 heterocycles. The molecule has 0 bridgehead atoms. The first-order valence-electron chi connectivity index (χ1n) is 12.1. The molecule has 3 aromatic rings. The number of nitrogens with one attached hydrogen (secondary N) is 1. The third kappa shape index (κ3) is 9.00. The number of pyridine rings is 1. The molecule has 212 valence electrons. The van der Waals surface area contributed by atoms with E-state index in [1.165, 1.54) is 25.4 Å². The van der Waals surface area contributed by atoms with Crippen LogP contribution in [-0.4, -0.2) is 55.6 Å². The molecular weight excluding hydrogens is 533 g/mol. The average molecular weight is 561 g/mol. The Morgan fingerprint density at radius 1 is 1.00 bits per heavy atom. The summed E-state index contributed by atoms with van der Waals surface area (Å²) in [4.78, 5) is 40.9. The minimum absolute atomic E-state index is 0.0153. The molecule has 40 heavy (non-hydrogen) atoms. The van der Waals surface area contributed by atoms with E-state index in [4.69, 9.17) is 18.9 Å². The van der Waals surface area contributed by atoms with Crippen LogP contribution in [0.25, 0.3) is 0 Å². The number of esters is 2. The largest absolute Gasteiger partial charge is 0.493 e. The van der Waals surface area contributed by atoms with Crippen molar-refractivity contribution in [2.24, 2.45) is 0 Å². The number of methoxy groups -OCH3 is 1. The van der Waals surface area contributed by atoms with E-state index in [2.05, 4.69) is 10.3 Å². The highest BCUT2D eigenvalue weighted by Gasteiger charge is 2.23. The van der Waals surface area contributed by atoms with Crippen molar-refractivity contribution < 1.29 is 46.5 Å². The van der Waals surface area contributed by atoms with Crippen LogP contribution < -0.4 is 19.5 Å². The van der Waals surface area contributed by atoms with Gasteiger partial charge in [-0.15, -0.1) is 0 Å². The zero-order valence-corrected chi connectivity index (χ0v) is 21.7. The molecule has 0 aliphatic heterocycles. The lowest BCUT2D eigenvalue weighted by Gasteiger charge is -2.20. The van der Waals surface area contributed by atoms with Crippen molar-refractivity contribution in [1.82, 2.24) is 10.3 Å². The van der Waals surface area contributed by atoms with Crippen molar-refractivity contribution >= 4 is 17.8 Å². The van der Waals surface area contributed by atoms with Gasteiger partial charge in [-0.1, -0.05) is 36.4 Å². The lowest BCUT2D eigenvalue weighted by molar-refractivity contribution is -0.147. The molecular formula is C28H27F3N2O7. The SMILES string of the molecule is COc1ccnc(C(=O)NCC(=O)OC(Cc2ccccc2)Cc2ccc(F)cc2OCC(F)F)c1OC(C)=O. The van der Waals surface area contributed by atoms with Gasteiger partial charge in [0.05, 0.1) is 7.11 Å². The Morgan fingerprint density at radius 3 is 2.42 bits per heavy atom. The second-order valence-electron chi connectivity index (χ2n) is 8.43. The van der Waals surface area contributed by atoms with Gasteiger partial charge in [-0.25, -0.2) is 18.2 Å². The molecule has 1 aromatic heterocycles. The number of hydrogen-bond acceptors (Lipinski definition) is 8. The summed E-state index contributed by atoms with van der Waals surface area (Å²) in [6, 6.07) is 13.9. The molecule has 2 aromatic carbocycles. The third-order valence-corrected chi connectivity index (χ3v) is 5.39. The number of rotatable bonds is 13. The molecule has 1 amide bonds.